The molecule has 0 aliphatic heterocycles. The Hall–Kier alpha value is -2.11. The van der Waals surface area contributed by atoms with Crippen molar-refractivity contribution in [2.45, 2.75) is 13.8 Å². The highest BCUT2D eigenvalue weighted by atomic mass is 15.4. The summed E-state index contributed by atoms with van der Waals surface area (Å²) in [6, 6.07) is 3.69. The number of hydrogen-bond donors (Lipinski definition) is 1. The van der Waals surface area contributed by atoms with E-state index in [1.807, 2.05) is 17.0 Å². The zero-order chi connectivity index (χ0) is 12.3. The molecule has 17 heavy (non-hydrogen) atoms. The van der Waals surface area contributed by atoms with Crippen LogP contribution in [0.5, 0.6) is 0 Å². The fraction of sp³-hybridized carbons (Fsp3) is 0.364. The minimum atomic E-state index is 0.387. The van der Waals surface area contributed by atoms with Gasteiger partial charge in [0.2, 0.25) is 11.9 Å². The van der Waals surface area contributed by atoms with E-state index in [-0.39, 0.29) is 0 Å². The third kappa shape index (κ3) is 2.20. The highest BCUT2D eigenvalue weighted by Crippen LogP contribution is 2.15. The molecule has 2 N–H and O–H groups in total. The maximum absolute atomic E-state index is 5.86. The Kier molecular flexibility index (Phi) is 3.22. The number of anilines is 2. The average molecular weight is 232 g/mol. The molecule has 0 spiro atoms. The van der Waals surface area contributed by atoms with Gasteiger partial charge in [-0.15, -0.1) is 5.10 Å². The maximum atomic E-state index is 5.86. The van der Waals surface area contributed by atoms with Crippen molar-refractivity contribution in [2.24, 2.45) is 0 Å². The predicted octanol–water partition coefficient (Wildman–Crippen LogP) is 1.09. The molecule has 0 unspecified atom stereocenters. The Labute approximate surface area is 100 Å². The van der Waals surface area contributed by atoms with E-state index in [0.717, 1.165) is 18.8 Å². The summed E-state index contributed by atoms with van der Waals surface area (Å²) in [5, 5.41) is 4.40. The molecular formula is C11H16N6. The van der Waals surface area contributed by atoms with Gasteiger partial charge in [0.15, 0.2) is 0 Å². The van der Waals surface area contributed by atoms with Crippen molar-refractivity contribution in [3.63, 3.8) is 0 Å². The van der Waals surface area contributed by atoms with E-state index in [4.69, 9.17) is 5.73 Å². The molecule has 0 bridgehead atoms. The Morgan fingerprint density at radius 1 is 1.24 bits per heavy atom. The zero-order valence-corrected chi connectivity index (χ0v) is 10.0. The molecule has 0 saturated carbocycles. The van der Waals surface area contributed by atoms with Crippen LogP contribution in [-0.2, 0) is 0 Å². The Bertz CT molecular complexity index is 474. The second-order valence-electron chi connectivity index (χ2n) is 3.56. The van der Waals surface area contributed by atoms with Gasteiger partial charge in [0.05, 0.1) is 5.69 Å². The average Bonchev–Trinajstić information content (AvgIpc) is 2.74. The number of nitrogens with zero attached hydrogens (tertiary/aromatic N) is 5. The maximum Gasteiger partial charge on any atom is 0.246 e. The van der Waals surface area contributed by atoms with Gasteiger partial charge >= 0.3 is 0 Å². The summed E-state index contributed by atoms with van der Waals surface area (Å²) < 4.78 is 1.62. The lowest BCUT2D eigenvalue weighted by atomic mass is 10.4. The molecule has 0 radical (unpaired) electrons. The minimum absolute atomic E-state index is 0.387. The van der Waals surface area contributed by atoms with Crippen LogP contribution in [0.2, 0.25) is 0 Å². The summed E-state index contributed by atoms with van der Waals surface area (Å²) in [6.45, 7) is 5.84. The van der Waals surface area contributed by atoms with Gasteiger partial charge in [-0.2, -0.15) is 9.67 Å². The number of hydrogen-bond acceptors (Lipinski definition) is 5. The standard InChI is InChI=1S/C11H16N6/c1-3-16(4-2)11-14-10(12)17(15-11)9-5-7-13-8-6-9/h5-8H,3-4H2,1-2H3,(H2,12,14,15). The van der Waals surface area contributed by atoms with Crippen molar-refractivity contribution >= 4 is 11.9 Å². The van der Waals surface area contributed by atoms with Crippen molar-refractivity contribution in [3.8, 4) is 5.69 Å². The van der Waals surface area contributed by atoms with Crippen molar-refractivity contribution in [3.05, 3.63) is 24.5 Å². The number of nitrogens with two attached hydrogens (primary N) is 1. The number of aromatic nitrogens is 4. The first kappa shape index (κ1) is 11.4. The molecule has 90 valence electrons. The molecule has 0 aliphatic carbocycles. The van der Waals surface area contributed by atoms with E-state index in [0.29, 0.717) is 11.9 Å². The molecule has 2 heterocycles. The van der Waals surface area contributed by atoms with Crippen LogP contribution < -0.4 is 10.6 Å². The smallest absolute Gasteiger partial charge is 0.246 e. The number of nitrogen functional groups attached to an aromatic ring is 1. The van der Waals surface area contributed by atoms with E-state index in [1.165, 1.54) is 0 Å². The number of rotatable bonds is 4. The van der Waals surface area contributed by atoms with Crippen LogP contribution in [0.4, 0.5) is 11.9 Å². The normalized spacial score (nSPS) is 10.5. The molecule has 0 saturated heterocycles. The summed E-state index contributed by atoms with van der Waals surface area (Å²) in [4.78, 5) is 10.3. The van der Waals surface area contributed by atoms with Gasteiger partial charge in [-0.1, -0.05) is 0 Å². The lowest BCUT2D eigenvalue weighted by Gasteiger charge is -2.15. The fourth-order valence-electron chi connectivity index (χ4n) is 1.63. The predicted molar refractivity (Wildman–Crippen MR) is 67.1 cm³/mol. The molecule has 2 rings (SSSR count). The first-order valence-corrected chi connectivity index (χ1v) is 5.64. The van der Waals surface area contributed by atoms with E-state index >= 15 is 0 Å². The van der Waals surface area contributed by atoms with Crippen molar-refractivity contribution < 1.29 is 0 Å². The molecule has 0 amide bonds. The van der Waals surface area contributed by atoms with Crippen LogP contribution in [0.1, 0.15) is 13.8 Å². The second kappa shape index (κ2) is 4.82. The summed E-state index contributed by atoms with van der Waals surface area (Å²) in [5.41, 5.74) is 6.73. The van der Waals surface area contributed by atoms with Crippen LogP contribution in [0.15, 0.2) is 24.5 Å². The minimum Gasteiger partial charge on any atom is -0.368 e. The van der Waals surface area contributed by atoms with Crippen LogP contribution in [0.3, 0.4) is 0 Å². The molecule has 0 aliphatic rings. The van der Waals surface area contributed by atoms with Gasteiger partial charge < -0.3 is 10.6 Å². The largest absolute Gasteiger partial charge is 0.368 e. The molecular weight excluding hydrogens is 216 g/mol. The van der Waals surface area contributed by atoms with E-state index in [2.05, 4.69) is 28.9 Å². The van der Waals surface area contributed by atoms with Crippen LogP contribution in [0.25, 0.3) is 5.69 Å². The van der Waals surface area contributed by atoms with Crippen LogP contribution >= 0.6 is 0 Å². The first-order valence-electron chi connectivity index (χ1n) is 5.64. The van der Waals surface area contributed by atoms with Crippen LogP contribution in [0, 0.1) is 0 Å². The van der Waals surface area contributed by atoms with Crippen molar-refractivity contribution in [1.29, 1.82) is 0 Å². The van der Waals surface area contributed by atoms with Gasteiger partial charge in [-0.25, -0.2) is 0 Å². The van der Waals surface area contributed by atoms with E-state index in [1.54, 1.807) is 17.1 Å². The molecule has 6 heteroatoms. The quantitative estimate of drug-likeness (QED) is 0.854. The summed E-state index contributed by atoms with van der Waals surface area (Å²) in [5.74, 6) is 1.04. The van der Waals surface area contributed by atoms with Crippen LogP contribution in [-0.4, -0.2) is 32.8 Å². The second-order valence-corrected chi connectivity index (χ2v) is 3.56. The zero-order valence-electron chi connectivity index (χ0n) is 10.0. The van der Waals surface area contributed by atoms with Gasteiger partial charge in [-0.05, 0) is 26.0 Å². The molecule has 0 aromatic carbocycles. The molecule has 2 aromatic heterocycles. The third-order valence-electron chi connectivity index (χ3n) is 2.57. The fourth-order valence-corrected chi connectivity index (χ4v) is 1.63. The van der Waals surface area contributed by atoms with Gasteiger partial charge in [0, 0.05) is 25.5 Å². The SMILES string of the molecule is CCN(CC)c1nc(N)n(-c2ccncc2)n1. The summed E-state index contributed by atoms with van der Waals surface area (Å²) in [6.07, 6.45) is 3.40. The molecule has 0 atom stereocenters. The van der Waals surface area contributed by atoms with Gasteiger partial charge in [0.25, 0.3) is 0 Å². The highest BCUT2D eigenvalue weighted by Gasteiger charge is 2.12. The van der Waals surface area contributed by atoms with E-state index in [9.17, 15) is 0 Å². The summed E-state index contributed by atoms with van der Waals surface area (Å²) >= 11 is 0. The Morgan fingerprint density at radius 3 is 2.47 bits per heavy atom. The Morgan fingerprint density at radius 2 is 1.88 bits per heavy atom. The number of pyridine rings is 1. The lowest BCUT2D eigenvalue weighted by molar-refractivity contribution is 0.802. The third-order valence-corrected chi connectivity index (χ3v) is 2.57. The van der Waals surface area contributed by atoms with E-state index < -0.39 is 0 Å². The van der Waals surface area contributed by atoms with Gasteiger partial charge in [0.1, 0.15) is 0 Å². The summed E-state index contributed by atoms with van der Waals surface area (Å²) in [7, 11) is 0. The Balaban J connectivity index is 2.37. The van der Waals surface area contributed by atoms with Crippen molar-refractivity contribution in [1.82, 2.24) is 19.7 Å². The molecule has 6 nitrogen and oxygen atoms in total. The lowest BCUT2D eigenvalue weighted by Crippen LogP contribution is -2.23. The molecule has 2 aromatic rings. The van der Waals surface area contributed by atoms with Gasteiger partial charge in [-0.3, -0.25) is 4.98 Å². The van der Waals surface area contributed by atoms with Crippen molar-refractivity contribution in [2.75, 3.05) is 23.7 Å². The first-order chi connectivity index (χ1) is 8.26. The monoisotopic (exact) mass is 232 g/mol. The topological polar surface area (TPSA) is 72.9 Å². The molecule has 0 fully saturated rings. The highest BCUT2D eigenvalue weighted by molar-refractivity contribution is 5.42.